The van der Waals surface area contributed by atoms with Gasteiger partial charge in [0.25, 0.3) is 0 Å². The van der Waals surface area contributed by atoms with E-state index in [0.717, 1.165) is 0 Å². The van der Waals surface area contributed by atoms with Gasteiger partial charge in [-0.25, -0.2) is 14.4 Å². The SMILES string of the molecule is COc1c(O)c(F)c2nc(C(C)(C)C)nc(N)c2c1NC(C)=S. The van der Waals surface area contributed by atoms with Crippen LogP contribution in [0.25, 0.3) is 10.9 Å². The minimum Gasteiger partial charge on any atom is -0.502 e. The Labute approximate surface area is 138 Å². The summed E-state index contributed by atoms with van der Waals surface area (Å²) in [6.07, 6.45) is 0. The zero-order chi connectivity index (χ0) is 17.5. The van der Waals surface area contributed by atoms with Gasteiger partial charge in [-0.3, -0.25) is 0 Å². The van der Waals surface area contributed by atoms with Crippen LogP contribution in [0.15, 0.2) is 0 Å². The molecule has 0 aliphatic heterocycles. The standard InChI is InChI=1S/C15H19FN4O2S/c1-6(23)18-10-7-9(8(16)11(21)12(10)22-5)19-14(15(2,3)4)20-13(7)17/h21H,1-5H3,(H,18,23)(H2,17,19,20). The lowest BCUT2D eigenvalue weighted by atomic mass is 9.95. The fourth-order valence-electron chi connectivity index (χ4n) is 2.16. The van der Waals surface area contributed by atoms with Gasteiger partial charge in [0.05, 0.1) is 23.2 Å². The van der Waals surface area contributed by atoms with Gasteiger partial charge in [0.1, 0.15) is 17.2 Å². The quantitative estimate of drug-likeness (QED) is 0.724. The molecule has 4 N–H and O–H groups in total. The molecule has 0 unspecified atom stereocenters. The van der Waals surface area contributed by atoms with Gasteiger partial charge in [0.15, 0.2) is 17.3 Å². The average molecular weight is 338 g/mol. The summed E-state index contributed by atoms with van der Waals surface area (Å²) in [5.41, 5.74) is 5.76. The molecule has 1 aromatic heterocycles. The monoisotopic (exact) mass is 338 g/mol. The molecule has 2 aromatic rings. The van der Waals surface area contributed by atoms with E-state index in [9.17, 15) is 9.50 Å². The number of nitrogens with zero attached hydrogens (tertiary/aromatic N) is 2. The van der Waals surface area contributed by atoms with E-state index in [-0.39, 0.29) is 28.2 Å². The maximum Gasteiger partial charge on any atom is 0.198 e. The third-order valence-electron chi connectivity index (χ3n) is 3.22. The van der Waals surface area contributed by atoms with Crippen LogP contribution in [0, 0.1) is 5.82 Å². The first-order valence-corrected chi connectivity index (χ1v) is 7.32. The fourth-order valence-corrected chi connectivity index (χ4v) is 2.26. The van der Waals surface area contributed by atoms with Gasteiger partial charge in [0, 0.05) is 5.41 Å². The summed E-state index contributed by atoms with van der Waals surface area (Å²) in [7, 11) is 1.31. The number of benzene rings is 1. The molecule has 0 bridgehead atoms. The number of methoxy groups -OCH3 is 1. The number of ether oxygens (including phenoxy) is 1. The fraction of sp³-hybridized carbons (Fsp3) is 0.400. The smallest absolute Gasteiger partial charge is 0.198 e. The van der Waals surface area contributed by atoms with Crippen molar-refractivity contribution in [2.45, 2.75) is 33.1 Å². The number of phenolic OH excluding ortho intramolecular Hbond substituents is 1. The molecule has 0 aliphatic carbocycles. The van der Waals surface area contributed by atoms with Crippen LogP contribution in [0.5, 0.6) is 11.5 Å². The molecule has 0 atom stereocenters. The van der Waals surface area contributed by atoms with Crippen LogP contribution in [-0.4, -0.2) is 27.2 Å². The number of nitrogens with one attached hydrogen (secondary N) is 1. The van der Waals surface area contributed by atoms with Gasteiger partial charge in [-0.05, 0) is 6.92 Å². The number of halogens is 1. The molecule has 1 heterocycles. The Balaban J connectivity index is 2.97. The Morgan fingerprint density at radius 2 is 1.96 bits per heavy atom. The van der Waals surface area contributed by atoms with Crippen molar-refractivity contribution in [3.05, 3.63) is 11.6 Å². The van der Waals surface area contributed by atoms with E-state index in [4.69, 9.17) is 22.7 Å². The Bertz CT molecular complexity index is 803. The average Bonchev–Trinajstić information content (AvgIpc) is 2.42. The summed E-state index contributed by atoms with van der Waals surface area (Å²) in [5, 5.41) is 13.2. The highest BCUT2D eigenvalue weighted by atomic mass is 32.1. The van der Waals surface area contributed by atoms with Crippen molar-refractivity contribution >= 4 is 39.6 Å². The zero-order valence-corrected chi connectivity index (χ0v) is 14.4. The van der Waals surface area contributed by atoms with E-state index in [1.807, 2.05) is 20.8 Å². The number of thiocarbonyl (C=S) groups is 1. The molecule has 2 rings (SSSR count). The van der Waals surface area contributed by atoms with Crippen LogP contribution < -0.4 is 15.8 Å². The molecular formula is C15H19FN4O2S. The summed E-state index contributed by atoms with van der Waals surface area (Å²) >= 11 is 5.03. The van der Waals surface area contributed by atoms with E-state index >= 15 is 0 Å². The minimum absolute atomic E-state index is 0.0795. The first-order valence-electron chi connectivity index (χ1n) is 6.91. The summed E-state index contributed by atoms with van der Waals surface area (Å²) in [5.74, 6) is -1.22. The Hall–Kier alpha value is -2.22. The highest BCUT2D eigenvalue weighted by Crippen LogP contribution is 2.45. The van der Waals surface area contributed by atoms with Crippen LogP contribution >= 0.6 is 12.2 Å². The Morgan fingerprint density at radius 1 is 1.35 bits per heavy atom. The molecule has 8 heteroatoms. The van der Waals surface area contributed by atoms with E-state index in [0.29, 0.717) is 10.8 Å². The zero-order valence-electron chi connectivity index (χ0n) is 13.6. The molecule has 124 valence electrons. The number of hydrogen-bond donors (Lipinski definition) is 3. The molecule has 0 fully saturated rings. The maximum absolute atomic E-state index is 14.6. The molecule has 0 saturated heterocycles. The highest BCUT2D eigenvalue weighted by Gasteiger charge is 2.27. The number of nitrogens with two attached hydrogens (primary N) is 1. The molecule has 0 radical (unpaired) electrons. The predicted molar refractivity (Wildman–Crippen MR) is 92.7 cm³/mol. The van der Waals surface area contributed by atoms with E-state index < -0.39 is 17.0 Å². The van der Waals surface area contributed by atoms with Crippen molar-refractivity contribution in [1.29, 1.82) is 0 Å². The van der Waals surface area contributed by atoms with Crippen LogP contribution in [-0.2, 0) is 5.41 Å². The van der Waals surface area contributed by atoms with Crippen molar-refractivity contribution in [1.82, 2.24) is 9.97 Å². The van der Waals surface area contributed by atoms with Gasteiger partial charge in [-0.2, -0.15) is 0 Å². The number of rotatable bonds is 2. The number of anilines is 2. The summed E-state index contributed by atoms with van der Waals surface area (Å²) in [4.78, 5) is 8.91. The van der Waals surface area contributed by atoms with Crippen molar-refractivity contribution < 1.29 is 14.2 Å². The predicted octanol–water partition coefficient (Wildman–Crippen LogP) is 3.12. The molecule has 0 spiro atoms. The van der Waals surface area contributed by atoms with Crippen molar-refractivity contribution in [3.63, 3.8) is 0 Å². The van der Waals surface area contributed by atoms with Crippen LogP contribution in [0.2, 0.25) is 0 Å². The highest BCUT2D eigenvalue weighted by molar-refractivity contribution is 7.80. The van der Waals surface area contributed by atoms with Crippen LogP contribution in [0.4, 0.5) is 15.9 Å². The van der Waals surface area contributed by atoms with Gasteiger partial charge in [-0.15, -0.1) is 0 Å². The lowest BCUT2D eigenvalue weighted by Gasteiger charge is -2.20. The van der Waals surface area contributed by atoms with Gasteiger partial charge < -0.3 is 20.9 Å². The second kappa shape index (κ2) is 5.77. The third kappa shape index (κ3) is 2.98. The molecule has 0 amide bonds. The Morgan fingerprint density at radius 3 is 2.43 bits per heavy atom. The molecule has 23 heavy (non-hydrogen) atoms. The summed E-state index contributed by atoms with van der Waals surface area (Å²) in [6, 6.07) is 0. The lowest BCUT2D eigenvalue weighted by molar-refractivity contribution is 0.360. The maximum atomic E-state index is 14.6. The number of fused-ring (bicyclic) bond motifs is 1. The molecule has 0 saturated carbocycles. The number of aromatic nitrogens is 2. The first kappa shape index (κ1) is 17.1. The van der Waals surface area contributed by atoms with Crippen LogP contribution in [0.1, 0.15) is 33.5 Å². The van der Waals surface area contributed by atoms with Gasteiger partial charge in [0.2, 0.25) is 0 Å². The first-order chi connectivity index (χ1) is 10.6. The topological polar surface area (TPSA) is 93.3 Å². The summed E-state index contributed by atoms with van der Waals surface area (Å²) < 4.78 is 19.7. The number of nitrogen functional groups attached to an aromatic ring is 1. The van der Waals surface area contributed by atoms with Crippen molar-refractivity contribution in [2.24, 2.45) is 0 Å². The molecule has 1 aromatic carbocycles. The Kier molecular flexibility index (Phi) is 4.30. The number of hydrogen-bond acceptors (Lipinski definition) is 6. The normalized spacial score (nSPS) is 11.6. The van der Waals surface area contributed by atoms with Crippen molar-refractivity contribution in [3.8, 4) is 11.5 Å². The van der Waals surface area contributed by atoms with Gasteiger partial charge >= 0.3 is 0 Å². The molecule has 0 aliphatic rings. The minimum atomic E-state index is -0.913. The second-order valence-corrected chi connectivity index (χ2v) is 6.77. The van der Waals surface area contributed by atoms with E-state index in [1.54, 1.807) is 6.92 Å². The number of aromatic hydroxyl groups is 1. The molecule has 6 nitrogen and oxygen atoms in total. The van der Waals surface area contributed by atoms with E-state index in [2.05, 4.69) is 15.3 Å². The summed E-state index contributed by atoms with van der Waals surface area (Å²) in [6.45, 7) is 7.29. The van der Waals surface area contributed by atoms with Gasteiger partial charge in [-0.1, -0.05) is 33.0 Å². The van der Waals surface area contributed by atoms with Crippen LogP contribution in [0.3, 0.4) is 0 Å². The lowest BCUT2D eigenvalue weighted by Crippen LogP contribution is -2.18. The van der Waals surface area contributed by atoms with Crippen molar-refractivity contribution in [2.75, 3.05) is 18.2 Å². The third-order valence-corrected chi connectivity index (χ3v) is 3.32. The van der Waals surface area contributed by atoms with E-state index in [1.165, 1.54) is 7.11 Å². The number of phenols is 1. The second-order valence-electron chi connectivity index (χ2n) is 6.16. The molecular weight excluding hydrogens is 319 g/mol. The largest absolute Gasteiger partial charge is 0.502 e.